The molecule has 17 heteroatoms. The van der Waals surface area contributed by atoms with Crippen LogP contribution < -0.4 is 16.4 Å². The van der Waals surface area contributed by atoms with E-state index in [1.807, 2.05) is 31.2 Å². The van der Waals surface area contributed by atoms with Gasteiger partial charge in [0.25, 0.3) is 0 Å². The number of benzene rings is 2. The van der Waals surface area contributed by atoms with Crippen LogP contribution in [0.3, 0.4) is 0 Å². The highest BCUT2D eigenvalue weighted by Crippen LogP contribution is 2.31. The summed E-state index contributed by atoms with van der Waals surface area (Å²) in [7, 11) is 0. The van der Waals surface area contributed by atoms with Gasteiger partial charge in [-0.15, -0.1) is 0 Å². The number of nitrogens with zero attached hydrogens (tertiary/aromatic N) is 2. The number of nitrogen functional groups attached to an aromatic ring is 1. The standard InChI is InChI=1S/C28H31N5O2.2C2HF3O2/c1-18-22(10-11-26(29)32-18)16-31-27(34)25-12-13-33(25)28(35)24-15-23(17-30-24)21-9-5-8-20(14-21)19-6-3-2-4-7-19;2*3-2(4,5)1(6)7/h2-11,14,23-25,30H,12-13,15-17H2,1H3,(H2,29,32)(H,31,34);2*(H,6,7)/t23-,24+,25-;;/m0../s1. The van der Waals surface area contributed by atoms with E-state index in [0.29, 0.717) is 25.3 Å². The van der Waals surface area contributed by atoms with Gasteiger partial charge in [0.15, 0.2) is 0 Å². The Labute approximate surface area is 276 Å². The third kappa shape index (κ3) is 10.9. The maximum atomic E-state index is 13.2. The monoisotopic (exact) mass is 697 g/mol. The van der Waals surface area contributed by atoms with Crippen LogP contribution in [0.15, 0.2) is 66.7 Å². The third-order valence-electron chi connectivity index (χ3n) is 7.65. The molecule has 3 aromatic rings. The first-order valence-corrected chi connectivity index (χ1v) is 14.7. The molecule has 0 spiro atoms. The minimum atomic E-state index is -5.08. The Kier molecular flexibility index (Phi) is 12.7. The van der Waals surface area contributed by atoms with Crippen molar-refractivity contribution in [1.29, 1.82) is 0 Å². The number of carboxylic acids is 2. The summed E-state index contributed by atoms with van der Waals surface area (Å²) in [4.78, 5) is 49.8. The fraction of sp³-hybridized carbons (Fsp3) is 0.344. The van der Waals surface area contributed by atoms with Crippen LogP contribution in [-0.4, -0.2) is 81.4 Å². The number of carbonyl (C=O) groups is 4. The largest absolute Gasteiger partial charge is 0.490 e. The van der Waals surface area contributed by atoms with Crippen molar-refractivity contribution in [2.75, 3.05) is 18.8 Å². The molecule has 2 amide bonds. The summed E-state index contributed by atoms with van der Waals surface area (Å²) in [6.45, 7) is 3.61. The van der Waals surface area contributed by atoms with Crippen LogP contribution in [0.4, 0.5) is 32.2 Å². The van der Waals surface area contributed by atoms with Crippen LogP contribution in [-0.2, 0) is 25.7 Å². The van der Waals surface area contributed by atoms with Crippen LogP contribution in [0.2, 0.25) is 0 Å². The normalized spacial score (nSPS) is 18.5. The Hall–Kier alpha value is -5.19. The predicted octanol–water partition coefficient (Wildman–Crippen LogP) is 4.27. The molecule has 0 aliphatic carbocycles. The number of carboxylic acid groups (broad SMARTS) is 2. The summed E-state index contributed by atoms with van der Waals surface area (Å²) < 4.78 is 63.5. The number of hydrogen-bond acceptors (Lipinski definition) is 7. The van der Waals surface area contributed by atoms with E-state index < -0.39 is 30.3 Å². The minimum Gasteiger partial charge on any atom is -0.475 e. The maximum Gasteiger partial charge on any atom is 0.490 e. The van der Waals surface area contributed by atoms with E-state index in [1.165, 1.54) is 16.7 Å². The number of nitrogens with one attached hydrogen (secondary N) is 2. The molecule has 0 radical (unpaired) electrons. The molecular weight excluding hydrogens is 664 g/mol. The summed E-state index contributed by atoms with van der Waals surface area (Å²) in [5.41, 5.74) is 11.0. The number of rotatable bonds is 6. The van der Waals surface area contributed by atoms with Crippen molar-refractivity contribution in [1.82, 2.24) is 20.5 Å². The first-order valence-electron chi connectivity index (χ1n) is 14.7. The molecule has 2 saturated heterocycles. The lowest BCUT2D eigenvalue weighted by molar-refractivity contribution is -0.193. The zero-order valence-electron chi connectivity index (χ0n) is 25.9. The van der Waals surface area contributed by atoms with Crippen molar-refractivity contribution < 1.29 is 55.7 Å². The number of aliphatic carboxylic acids is 2. The number of carbonyl (C=O) groups excluding carboxylic acids is 2. The zero-order valence-corrected chi connectivity index (χ0v) is 25.9. The minimum absolute atomic E-state index is 0.0171. The van der Waals surface area contributed by atoms with Crippen molar-refractivity contribution in [3.05, 3.63) is 83.6 Å². The smallest absolute Gasteiger partial charge is 0.475 e. The van der Waals surface area contributed by atoms with Gasteiger partial charge in [-0.05, 0) is 54.0 Å². The van der Waals surface area contributed by atoms with E-state index in [1.54, 1.807) is 11.0 Å². The van der Waals surface area contributed by atoms with Gasteiger partial charge in [0, 0.05) is 25.3 Å². The summed E-state index contributed by atoms with van der Waals surface area (Å²) in [6.07, 6.45) is -8.75. The molecule has 0 unspecified atom stereocenters. The van der Waals surface area contributed by atoms with Crippen molar-refractivity contribution in [2.45, 2.75) is 56.7 Å². The van der Waals surface area contributed by atoms with Crippen molar-refractivity contribution in [3.63, 3.8) is 0 Å². The fourth-order valence-corrected chi connectivity index (χ4v) is 5.00. The Balaban J connectivity index is 0.000000392. The zero-order chi connectivity index (χ0) is 36.5. The number of aromatic nitrogens is 1. The first kappa shape index (κ1) is 38.3. The molecule has 3 heterocycles. The molecule has 2 aliphatic rings. The molecule has 2 aromatic carbocycles. The SMILES string of the molecule is Cc1nc(N)ccc1CNC(=O)[C@@H]1CCN1C(=O)[C@H]1C[C@H](c2cccc(-c3ccccc3)c2)CN1.O=C(O)C(F)(F)F.O=C(O)C(F)(F)F. The molecule has 11 nitrogen and oxygen atoms in total. The highest BCUT2D eigenvalue weighted by Gasteiger charge is 2.42. The molecule has 1 aromatic heterocycles. The number of pyridine rings is 1. The molecule has 0 bridgehead atoms. The van der Waals surface area contributed by atoms with E-state index in [9.17, 15) is 35.9 Å². The van der Waals surface area contributed by atoms with Crippen LogP contribution in [0.1, 0.15) is 35.6 Å². The number of anilines is 1. The molecule has 2 aliphatic heterocycles. The molecule has 2 fully saturated rings. The number of amides is 2. The van der Waals surface area contributed by atoms with Gasteiger partial charge in [-0.2, -0.15) is 26.3 Å². The lowest BCUT2D eigenvalue weighted by Gasteiger charge is -2.41. The van der Waals surface area contributed by atoms with Gasteiger partial charge in [-0.1, -0.05) is 60.7 Å². The molecule has 0 saturated carbocycles. The lowest BCUT2D eigenvalue weighted by atomic mass is 9.92. The fourth-order valence-electron chi connectivity index (χ4n) is 5.00. The maximum absolute atomic E-state index is 13.2. The predicted molar refractivity (Wildman–Crippen MR) is 164 cm³/mol. The number of alkyl halides is 6. The molecular formula is C32H33F6N5O6. The van der Waals surface area contributed by atoms with Gasteiger partial charge in [-0.3, -0.25) is 9.59 Å². The Morgan fingerprint density at radius 3 is 2.04 bits per heavy atom. The molecule has 264 valence electrons. The van der Waals surface area contributed by atoms with E-state index in [0.717, 1.165) is 24.2 Å². The summed E-state index contributed by atoms with van der Waals surface area (Å²) in [5, 5.41) is 20.6. The van der Waals surface area contributed by atoms with Gasteiger partial charge < -0.3 is 31.5 Å². The van der Waals surface area contributed by atoms with Crippen LogP contribution in [0, 0.1) is 6.92 Å². The van der Waals surface area contributed by atoms with Gasteiger partial charge in [-0.25, -0.2) is 14.6 Å². The van der Waals surface area contributed by atoms with Crippen LogP contribution in [0.5, 0.6) is 0 Å². The average Bonchev–Trinajstić information content (AvgIpc) is 3.51. The van der Waals surface area contributed by atoms with Crippen LogP contribution >= 0.6 is 0 Å². The Morgan fingerprint density at radius 2 is 1.51 bits per heavy atom. The van der Waals surface area contributed by atoms with E-state index in [2.05, 4.69) is 52.0 Å². The Morgan fingerprint density at radius 1 is 0.918 bits per heavy atom. The van der Waals surface area contributed by atoms with Crippen LogP contribution in [0.25, 0.3) is 11.1 Å². The number of halogens is 6. The quantitative estimate of drug-likeness (QED) is 0.236. The highest BCUT2D eigenvalue weighted by atomic mass is 19.4. The van der Waals surface area contributed by atoms with Gasteiger partial charge in [0.1, 0.15) is 11.9 Å². The number of nitrogens with two attached hydrogens (primary N) is 1. The summed E-state index contributed by atoms with van der Waals surface area (Å²) in [6, 6.07) is 21.8. The summed E-state index contributed by atoms with van der Waals surface area (Å²) in [5.74, 6) is -4.89. The molecule has 5 rings (SSSR count). The molecule has 3 atom stereocenters. The number of hydrogen-bond donors (Lipinski definition) is 5. The van der Waals surface area contributed by atoms with E-state index >= 15 is 0 Å². The van der Waals surface area contributed by atoms with Crippen molar-refractivity contribution >= 4 is 29.6 Å². The first-order chi connectivity index (χ1) is 22.9. The van der Waals surface area contributed by atoms with Gasteiger partial charge in [0.2, 0.25) is 11.8 Å². The summed E-state index contributed by atoms with van der Waals surface area (Å²) >= 11 is 0. The van der Waals surface area contributed by atoms with E-state index in [4.69, 9.17) is 25.5 Å². The second kappa shape index (κ2) is 16.3. The second-order valence-electron chi connectivity index (χ2n) is 11.0. The average molecular weight is 698 g/mol. The van der Waals surface area contributed by atoms with E-state index in [-0.39, 0.29) is 23.8 Å². The van der Waals surface area contributed by atoms with Gasteiger partial charge in [0.05, 0.1) is 6.04 Å². The second-order valence-corrected chi connectivity index (χ2v) is 11.0. The lowest BCUT2D eigenvalue weighted by Crippen LogP contribution is -2.61. The third-order valence-corrected chi connectivity index (χ3v) is 7.65. The van der Waals surface area contributed by atoms with Crippen molar-refractivity contribution in [3.8, 4) is 11.1 Å². The number of likely N-dealkylation sites (tertiary alicyclic amines) is 1. The highest BCUT2D eigenvalue weighted by molar-refractivity contribution is 5.91. The van der Waals surface area contributed by atoms with Crippen molar-refractivity contribution in [2.24, 2.45) is 0 Å². The Bertz CT molecular complexity index is 1610. The molecule has 6 N–H and O–H groups in total. The van der Waals surface area contributed by atoms with Gasteiger partial charge >= 0.3 is 24.3 Å². The topological polar surface area (TPSA) is 175 Å². The molecule has 49 heavy (non-hydrogen) atoms. The number of aryl methyl sites for hydroxylation is 1.